The van der Waals surface area contributed by atoms with E-state index in [-0.39, 0.29) is 27.1 Å². The van der Waals surface area contributed by atoms with E-state index in [0.717, 1.165) is 0 Å². The van der Waals surface area contributed by atoms with Crippen LogP contribution in [0.1, 0.15) is 147 Å². The van der Waals surface area contributed by atoms with Crippen LogP contribution in [-0.2, 0) is 32.5 Å². The molecule has 0 spiro atoms. The first-order chi connectivity index (χ1) is 45.4. The molecular formula is C94H74. The van der Waals surface area contributed by atoms with Crippen LogP contribution in [0, 0.1) is 0 Å². The molecule has 0 N–H and O–H groups in total. The fourth-order valence-corrected chi connectivity index (χ4v) is 19.6. The highest BCUT2D eigenvalue weighted by molar-refractivity contribution is 6.04. The SMILES string of the molecule is CC1(C)c2ccccc2-c2c(-c3cc(-c4cccc5c4-c4ccccc4C5(C)C)cc(C4(c5cc(-c6cccc7c6-c6ccccc6C7(C)C)cc(-c6cccc7c6-c6ccccc6C7(C)C)c5)c5ccccc5-c5c4ccc4c5-c5ccccc5C4(C)C)c3)cccc21. The third kappa shape index (κ3) is 6.98. The van der Waals surface area contributed by atoms with Gasteiger partial charge in [-0.25, -0.2) is 0 Å². The maximum Gasteiger partial charge on any atom is 0.0714 e. The predicted molar refractivity (Wildman–Crippen MR) is 393 cm³/mol. The van der Waals surface area contributed by atoms with Gasteiger partial charge in [0.1, 0.15) is 0 Å². The zero-order chi connectivity index (χ0) is 63.7. The van der Waals surface area contributed by atoms with Gasteiger partial charge >= 0.3 is 0 Å². The lowest BCUT2D eigenvalue weighted by Crippen LogP contribution is -2.29. The second-order valence-electron chi connectivity index (χ2n) is 30.6. The lowest BCUT2D eigenvalue weighted by atomic mass is 9.65. The highest BCUT2D eigenvalue weighted by atomic mass is 14.5. The Bertz CT molecular complexity index is 5020. The summed E-state index contributed by atoms with van der Waals surface area (Å²) in [5.41, 5.74) is 42.9. The largest absolute Gasteiger partial charge is 0.0714 e. The highest BCUT2D eigenvalue weighted by Crippen LogP contribution is 2.65. The Balaban J connectivity index is 1.00. The van der Waals surface area contributed by atoms with E-state index in [1.165, 1.54) is 189 Å². The summed E-state index contributed by atoms with van der Waals surface area (Å²) in [5, 5.41) is 0. The topological polar surface area (TPSA) is 0 Å². The number of fused-ring (bicyclic) bond motifs is 19. The first-order valence-corrected chi connectivity index (χ1v) is 34.1. The molecule has 0 heteroatoms. The summed E-state index contributed by atoms with van der Waals surface area (Å²) in [7, 11) is 0. The number of benzene rings is 13. The fraction of sp³-hybridized carbons (Fsp3) is 0.170. The van der Waals surface area contributed by atoms with Gasteiger partial charge in [-0.05, 0) is 226 Å². The van der Waals surface area contributed by atoms with E-state index < -0.39 is 5.41 Å². The summed E-state index contributed by atoms with van der Waals surface area (Å²) in [4.78, 5) is 0. The van der Waals surface area contributed by atoms with Crippen LogP contribution in [-0.4, -0.2) is 0 Å². The lowest BCUT2D eigenvalue weighted by molar-refractivity contribution is 0.659. The van der Waals surface area contributed by atoms with Crippen LogP contribution >= 0.6 is 0 Å². The quantitative estimate of drug-likeness (QED) is 0.156. The smallest absolute Gasteiger partial charge is 0.0619 e. The normalized spacial score (nSPS) is 16.7. The van der Waals surface area contributed by atoms with E-state index in [1.54, 1.807) is 0 Å². The van der Waals surface area contributed by atoms with Crippen molar-refractivity contribution in [2.24, 2.45) is 0 Å². The van der Waals surface area contributed by atoms with E-state index in [4.69, 9.17) is 0 Å². The minimum Gasteiger partial charge on any atom is -0.0619 e. The molecule has 0 aromatic heterocycles. The summed E-state index contributed by atoms with van der Waals surface area (Å²) in [5.74, 6) is 0. The Morgan fingerprint density at radius 3 is 0.660 bits per heavy atom. The van der Waals surface area contributed by atoms with Gasteiger partial charge in [0.05, 0.1) is 5.41 Å². The van der Waals surface area contributed by atoms with Gasteiger partial charge in [-0.1, -0.05) is 300 Å². The van der Waals surface area contributed by atoms with E-state index in [2.05, 4.69) is 336 Å². The molecule has 450 valence electrons. The second kappa shape index (κ2) is 18.8. The number of hydrogen-bond donors (Lipinski definition) is 0. The van der Waals surface area contributed by atoms with E-state index in [0.29, 0.717) is 0 Å². The average molecular weight is 1200 g/mol. The van der Waals surface area contributed by atoms with Crippen molar-refractivity contribution in [1.82, 2.24) is 0 Å². The second-order valence-corrected chi connectivity index (χ2v) is 30.6. The lowest BCUT2D eigenvalue weighted by Gasteiger charge is -2.36. The van der Waals surface area contributed by atoms with Crippen molar-refractivity contribution < 1.29 is 0 Å². The first-order valence-electron chi connectivity index (χ1n) is 34.1. The Kier molecular flexibility index (Phi) is 11.1. The molecule has 19 rings (SSSR count). The van der Waals surface area contributed by atoms with Gasteiger partial charge in [0.2, 0.25) is 0 Å². The molecule has 6 aliphatic carbocycles. The van der Waals surface area contributed by atoms with Gasteiger partial charge in [-0.2, -0.15) is 0 Å². The van der Waals surface area contributed by atoms with Crippen LogP contribution in [0.5, 0.6) is 0 Å². The van der Waals surface area contributed by atoms with Crippen molar-refractivity contribution in [3.05, 3.63) is 345 Å². The Hall–Kier alpha value is -10.1. The fourth-order valence-electron chi connectivity index (χ4n) is 19.6. The van der Waals surface area contributed by atoms with Gasteiger partial charge in [-0.15, -0.1) is 0 Å². The van der Waals surface area contributed by atoms with Crippen LogP contribution in [0.4, 0.5) is 0 Å². The summed E-state index contributed by atoms with van der Waals surface area (Å²) in [6.07, 6.45) is 0. The van der Waals surface area contributed by atoms with Crippen LogP contribution in [0.3, 0.4) is 0 Å². The van der Waals surface area contributed by atoms with Gasteiger partial charge in [0.15, 0.2) is 0 Å². The molecular weight excluding hydrogens is 1130 g/mol. The molecule has 0 bridgehead atoms. The molecule has 0 amide bonds. The summed E-state index contributed by atoms with van der Waals surface area (Å²) >= 11 is 0. The van der Waals surface area contributed by atoms with Crippen molar-refractivity contribution >= 4 is 0 Å². The number of hydrogen-bond acceptors (Lipinski definition) is 0. The Labute approximate surface area is 554 Å². The molecule has 6 aliphatic rings. The standard InChI is InChI=1S/C94H74/c1-89(2)71-37-17-11-27-65(71)83-61(33-23-43-77(83)89)55-49-56(62-34-24-44-78-84(62)66-28-12-18-38-72(66)90(78,3)4)52-59(51-55)94(76-42-22-16-32-70(76)88-82(94)48-47-81-87(88)69-31-15-21-41-75(69)93(81,9)10)60-53-57(63-35-25-45-79-85(63)67-29-13-19-39-73(67)91(79,5)6)50-58(54-60)64-36-26-46-80-86(64)68-30-14-20-40-74(68)92(80,7)8/h11-54H,1-10H3. The summed E-state index contributed by atoms with van der Waals surface area (Å²) in [6.45, 7) is 24.2. The van der Waals surface area contributed by atoms with Crippen LogP contribution in [0.25, 0.3) is 111 Å². The third-order valence-electron chi connectivity index (χ3n) is 24.2. The van der Waals surface area contributed by atoms with Crippen molar-refractivity contribution in [3.8, 4) is 111 Å². The van der Waals surface area contributed by atoms with Crippen LogP contribution in [0.2, 0.25) is 0 Å². The van der Waals surface area contributed by atoms with Crippen molar-refractivity contribution in [3.63, 3.8) is 0 Å². The first kappa shape index (κ1) is 55.5. The molecule has 0 aliphatic heterocycles. The molecule has 13 aromatic carbocycles. The molecule has 0 radical (unpaired) electrons. The molecule has 0 fully saturated rings. The molecule has 0 saturated carbocycles. The van der Waals surface area contributed by atoms with Crippen molar-refractivity contribution in [1.29, 1.82) is 0 Å². The highest BCUT2D eigenvalue weighted by Gasteiger charge is 2.51. The maximum atomic E-state index is 2.65. The molecule has 0 atom stereocenters. The van der Waals surface area contributed by atoms with Crippen molar-refractivity contribution in [2.45, 2.75) is 102 Å². The monoisotopic (exact) mass is 1200 g/mol. The molecule has 0 unspecified atom stereocenters. The third-order valence-corrected chi connectivity index (χ3v) is 24.2. The molecule has 94 heavy (non-hydrogen) atoms. The van der Waals surface area contributed by atoms with E-state index in [9.17, 15) is 0 Å². The molecule has 13 aromatic rings. The Morgan fingerprint density at radius 1 is 0.160 bits per heavy atom. The molecule has 0 heterocycles. The maximum absolute atomic E-state index is 2.65. The number of rotatable bonds is 6. The van der Waals surface area contributed by atoms with Gasteiger partial charge < -0.3 is 0 Å². The van der Waals surface area contributed by atoms with Crippen LogP contribution in [0.15, 0.2) is 267 Å². The summed E-state index contributed by atoms with van der Waals surface area (Å²) < 4.78 is 0. The van der Waals surface area contributed by atoms with Gasteiger partial charge in [0.25, 0.3) is 0 Å². The van der Waals surface area contributed by atoms with E-state index >= 15 is 0 Å². The van der Waals surface area contributed by atoms with E-state index in [1.807, 2.05) is 0 Å². The minimum absolute atomic E-state index is 0.190. The van der Waals surface area contributed by atoms with Crippen LogP contribution < -0.4 is 0 Å². The van der Waals surface area contributed by atoms with Gasteiger partial charge in [0, 0.05) is 27.1 Å². The molecule has 0 nitrogen and oxygen atoms in total. The average Bonchev–Trinajstić information content (AvgIpc) is 1.50. The predicted octanol–water partition coefficient (Wildman–Crippen LogP) is 24.2. The minimum atomic E-state index is -0.882. The zero-order valence-electron chi connectivity index (χ0n) is 55.4. The van der Waals surface area contributed by atoms with Crippen molar-refractivity contribution in [2.75, 3.05) is 0 Å². The Morgan fingerprint density at radius 2 is 0.362 bits per heavy atom. The van der Waals surface area contributed by atoms with Gasteiger partial charge in [-0.3, -0.25) is 0 Å². The zero-order valence-corrected chi connectivity index (χ0v) is 55.4. The molecule has 0 saturated heterocycles. The summed E-state index contributed by atoms with van der Waals surface area (Å²) in [6, 6.07) is 105.